The maximum absolute atomic E-state index is 4.35. The lowest BCUT2D eigenvalue weighted by Gasteiger charge is -2.24. The molecule has 0 bridgehead atoms. The van der Waals surface area contributed by atoms with Crippen molar-refractivity contribution in [2.75, 3.05) is 13.1 Å². The summed E-state index contributed by atoms with van der Waals surface area (Å²) in [6.07, 6.45) is 4.50. The second kappa shape index (κ2) is 5.50. The van der Waals surface area contributed by atoms with Crippen molar-refractivity contribution in [3.63, 3.8) is 0 Å². The summed E-state index contributed by atoms with van der Waals surface area (Å²) in [6.45, 7) is 4.71. The van der Waals surface area contributed by atoms with Gasteiger partial charge in [-0.3, -0.25) is 4.90 Å². The third kappa shape index (κ3) is 2.37. The van der Waals surface area contributed by atoms with Gasteiger partial charge in [-0.1, -0.05) is 18.2 Å². The second-order valence-electron chi connectivity index (χ2n) is 5.93. The van der Waals surface area contributed by atoms with E-state index in [9.17, 15) is 0 Å². The molecule has 0 radical (unpaired) electrons. The number of rotatable bonds is 3. The summed E-state index contributed by atoms with van der Waals surface area (Å²) in [6, 6.07) is 11.2. The first kappa shape index (κ1) is 13.4. The highest BCUT2D eigenvalue weighted by molar-refractivity contribution is 5.77. The molecule has 22 heavy (non-hydrogen) atoms. The Morgan fingerprint density at radius 2 is 1.95 bits per heavy atom. The van der Waals surface area contributed by atoms with Crippen molar-refractivity contribution in [2.45, 2.75) is 25.8 Å². The van der Waals surface area contributed by atoms with Gasteiger partial charge in [0.15, 0.2) is 0 Å². The summed E-state index contributed by atoms with van der Waals surface area (Å²) in [7, 11) is 0. The SMILES string of the molecule is CC(c1cccc(-c2cnc3n[nH]nc3c2)c1)N1CCCC1. The molecule has 3 heterocycles. The number of aromatic nitrogens is 4. The number of pyridine rings is 1. The fraction of sp³-hybridized carbons (Fsp3) is 0.353. The number of hydrogen-bond donors (Lipinski definition) is 1. The Kier molecular flexibility index (Phi) is 3.35. The minimum atomic E-state index is 0.464. The van der Waals surface area contributed by atoms with Gasteiger partial charge in [0.2, 0.25) is 5.65 Å². The highest BCUT2D eigenvalue weighted by Gasteiger charge is 2.19. The van der Waals surface area contributed by atoms with Gasteiger partial charge in [0.05, 0.1) is 0 Å². The molecular formula is C17H19N5. The first-order valence-electron chi connectivity index (χ1n) is 7.82. The van der Waals surface area contributed by atoms with Crippen molar-refractivity contribution < 1.29 is 0 Å². The van der Waals surface area contributed by atoms with Crippen molar-refractivity contribution >= 4 is 11.2 Å². The molecule has 0 spiro atoms. The van der Waals surface area contributed by atoms with Crippen LogP contribution in [0.3, 0.4) is 0 Å². The van der Waals surface area contributed by atoms with E-state index >= 15 is 0 Å². The number of nitrogens with zero attached hydrogens (tertiary/aromatic N) is 4. The number of benzene rings is 1. The van der Waals surface area contributed by atoms with Gasteiger partial charge < -0.3 is 0 Å². The Morgan fingerprint density at radius 1 is 1.09 bits per heavy atom. The summed E-state index contributed by atoms with van der Waals surface area (Å²) in [5.74, 6) is 0. The Balaban J connectivity index is 1.68. The van der Waals surface area contributed by atoms with Gasteiger partial charge in [-0.15, -0.1) is 5.10 Å². The minimum absolute atomic E-state index is 0.464. The van der Waals surface area contributed by atoms with Crippen LogP contribution in [0, 0.1) is 0 Å². The van der Waals surface area contributed by atoms with Crippen LogP contribution in [0.25, 0.3) is 22.3 Å². The van der Waals surface area contributed by atoms with Gasteiger partial charge in [-0.25, -0.2) is 4.98 Å². The quantitative estimate of drug-likeness (QED) is 0.806. The molecule has 1 N–H and O–H groups in total. The molecule has 3 aromatic rings. The molecule has 112 valence electrons. The highest BCUT2D eigenvalue weighted by Crippen LogP contribution is 2.28. The van der Waals surface area contributed by atoms with E-state index < -0.39 is 0 Å². The molecule has 0 amide bonds. The molecular weight excluding hydrogens is 274 g/mol. The molecule has 4 rings (SSSR count). The van der Waals surface area contributed by atoms with Crippen LogP contribution in [0.1, 0.15) is 31.4 Å². The van der Waals surface area contributed by atoms with Gasteiger partial charge in [0.25, 0.3) is 0 Å². The third-order valence-corrected chi connectivity index (χ3v) is 4.56. The molecule has 1 fully saturated rings. The lowest BCUT2D eigenvalue weighted by molar-refractivity contribution is 0.263. The minimum Gasteiger partial charge on any atom is -0.297 e. The van der Waals surface area contributed by atoms with Crippen molar-refractivity contribution in [1.29, 1.82) is 0 Å². The molecule has 2 aromatic heterocycles. The summed E-state index contributed by atoms with van der Waals surface area (Å²) in [5.41, 5.74) is 5.08. The summed E-state index contributed by atoms with van der Waals surface area (Å²) >= 11 is 0. The second-order valence-corrected chi connectivity index (χ2v) is 5.93. The molecule has 1 aliphatic rings. The Labute approximate surface area is 129 Å². The standard InChI is InChI=1S/C17H19N5/c1-12(22-7-2-3-8-22)13-5-4-6-14(9-13)15-10-16-17(18-11-15)20-21-19-16/h4-6,9-12H,2-3,7-8H2,1H3,(H,18,19,20,21). The maximum atomic E-state index is 4.35. The van der Waals surface area contributed by atoms with Gasteiger partial charge in [0, 0.05) is 17.8 Å². The average molecular weight is 293 g/mol. The fourth-order valence-corrected chi connectivity index (χ4v) is 3.22. The van der Waals surface area contributed by atoms with Crippen LogP contribution in [0.4, 0.5) is 0 Å². The van der Waals surface area contributed by atoms with E-state index in [1.807, 2.05) is 12.3 Å². The van der Waals surface area contributed by atoms with Crippen LogP contribution in [0.5, 0.6) is 0 Å². The topological polar surface area (TPSA) is 57.7 Å². The number of hydrogen-bond acceptors (Lipinski definition) is 4. The van der Waals surface area contributed by atoms with Gasteiger partial charge >= 0.3 is 0 Å². The highest BCUT2D eigenvalue weighted by atomic mass is 15.3. The zero-order valence-corrected chi connectivity index (χ0v) is 12.7. The zero-order valence-electron chi connectivity index (χ0n) is 12.7. The van der Waals surface area contributed by atoms with Gasteiger partial charge in [-0.05, 0) is 56.1 Å². The summed E-state index contributed by atoms with van der Waals surface area (Å²) in [5, 5.41) is 10.7. The molecule has 1 unspecified atom stereocenters. The average Bonchev–Trinajstić information content (AvgIpc) is 3.25. The van der Waals surface area contributed by atoms with Crippen LogP contribution in [0.2, 0.25) is 0 Å². The van der Waals surface area contributed by atoms with E-state index in [4.69, 9.17) is 0 Å². The smallest absolute Gasteiger partial charge is 0.201 e. The first-order chi connectivity index (χ1) is 10.8. The summed E-state index contributed by atoms with van der Waals surface area (Å²) < 4.78 is 0. The molecule has 1 atom stereocenters. The van der Waals surface area contributed by atoms with Crippen LogP contribution >= 0.6 is 0 Å². The van der Waals surface area contributed by atoms with Crippen molar-refractivity contribution in [2.24, 2.45) is 0 Å². The normalized spacial score (nSPS) is 17.1. The van der Waals surface area contributed by atoms with E-state index in [2.05, 4.69) is 56.5 Å². The van der Waals surface area contributed by atoms with Crippen LogP contribution in [0.15, 0.2) is 36.5 Å². The molecule has 5 nitrogen and oxygen atoms in total. The van der Waals surface area contributed by atoms with Crippen LogP contribution in [-0.2, 0) is 0 Å². The Hall–Kier alpha value is -2.27. The van der Waals surface area contributed by atoms with E-state index in [0.29, 0.717) is 11.7 Å². The molecule has 0 saturated carbocycles. The Bertz CT molecular complexity index is 788. The van der Waals surface area contributed by atoms with Crippen LogP contribution in [-0.4, -0.2) is 38.4 Å². The predicted molar refractivity (Wildman–Crippen MR) is 86.3 cm³/mol. The zero-order chi connectivity index (χ0) is 14.9. The molecule has 1 aliphatic heterocycles. The lowest BCUT2D eigenvalue weighted by Crippen LogP contribution is -2.23. The Morgan fingerprint density at radius 3 is 2.82 bits per heavy atom. The molecule has 1 aromatic carbocycles. The predicted octanol–water partition coefficient (Wildman–Crippen LogP) is 3.18. The maximum Gasteiger partial charge on any atom is 0.201 e. The van der Waals surface area contributed by atoms with E-state index in [1.54, 1.807) is 0 Å². The first-order valence-corrected chi connectivity index (χ1v) is 7.82. The van der Waals surface area contributed by atoms with Crippen molar-refractivity contribution in [3.05, 3.63) is 42.1 Å². The van der Waals surface area contributed by atoms with Crippen molar-refractivity contribution in [1.82, 2.24) is 25.3 Å². The van der Waals surface area contributed by atoms with E-state index in [-0.39, 0.29) is 0 Å². The monoisotopic (exact) mass is 293 g/mol. The summed E-state index contributed by atoms with van der Waals surface area (Å²) in [4.78, 5) is 6.91. The van der Waals surface area contributed by atoms with Gasteiger partial charge in [-0.2, -0.15) is 10.3 Å². The molecule has 1 saturated heterocycles. The lowest BCUT2D eigenvalue weighted by atomic mass is 10.0. The number of likely N-dealkylation sites (tertiary alicyclic amines) is 1. The number of aromatic amines is 1. The third-order valence-electron chi connectivity index (χ3n) is 4.56. The van der Waals surface area contributed by atoms with E-state index in [1.165, 1.54) is 37.1 Å². The van der Waals surface area contributed by atoms with Gasteiger partial charge in [0.1, 0.15) is 5.52 Å². The largest absolute Gasteiger partial charge is 0.297 e. The van der Waals surface area contributed by atoms with Crippen molar-refractivity contribution in [3.8, 4) is 11.1 Å². The fourth-order valence-electron chi connectivity index (χ4n) is 3.22. The number of H-pyrrole nitrogens is 1. The molecule has 5 heteroatoms. The number of nitrogens with one attached hydrogen (secondary N) is 1. The van der Waals surface area contributed by atoms with Crippen LogP contribution < -0.4 is 0 Å². The molecule has 0 aliphatic carbocycles. The number of fused-ring (bicyclic) bond motifs is 1. The van der Waals surface area contributed by atoms with E-state index in [0.717, 1.165) is 11.1 Å².